The van der Waals surface area contributed by atoms with Gasteiger partial charge in [0.2, 0.25) is 0 Å². The van der Waals surface area contributed by atoms with Crippen molar-refractivity contribution in [2.24, 2.45) is 0 Å². The van der Waals surface area contributed by atoms with Crippen molar-refractivity contribution in [2.45, 2.75) is 104 Å². The molecule has 1 aliphatic carbocycles. The second-order valence-electron chi connectivity index (χ2n) is 24.6. The zero-order valence-electron chi connectivity index (χ0n) is 45.2. The molecule has 9 aromatic rings. The van der Waals surface area contributed by atoms with E-state index in [-0.39, 0.29) is 28.4 Å². The van der Waals surface area contributed by atoms with Crippen LogP contribution in [0.5, 0.6) is 0 Å². The minimum atomic E-state index is -0.0862. The average Bonchev–Trinajstić information content (AvgIpc) is 3.61. The van der Waals surface area contributed by atoms with Crippen molar-refractivity contribution in [3.63, 3.8) is 0 Å². The van der Waals surface area contributed by atoms with E-state index in [1.54, 1.807) is 0 Å². The lowest BCUT2D eigenvalue weighted by molar-refractivity contribution is 0.403. The molecule has 3 aliphatic rings. The number of hydrogen-bond donors (Lipinski definition) is 0. The predicted octanol–water partition coefficient (Wildman–Crippen LogP) is 17.4. The summed E-state index contributed by atoms with van der Waals surface area (Å²) in [5, 5.41) is 0. The summed E-state index contributed by atoms with van der Waals surface area (Å²) >= 11 is 0. The van der Waals surface area contributed by atoms with Gasteiger partial charge in [-0.15, -0.1) is 0 Å². The van der Waals surface area contributed by atoms with Gasteiger partial charge in [-0.1, -0.05) is 203 Å². The Morgan fingerprint density at radius 1 is 0.405 bits per heavy atom. The molecule has 2 aliphatic heterocycles. The summed E-state index contributed by atoms with van der Waals surface area (Å²) in [5.74, 6) is 0. The molecule has 0 radical (unpaired) electrons. The van der Waals surface area contributed by atoms with Gasteiger partial charge in [-0.2, -0.15) is 0 Å². The Bertz CT molecular complexity index is 3580. The summed E-state index contributed by atoms with van der Waals surface area (Å²) in [5.41, 5.74) is 25.9. The molecule has 0 fully saturated rings. The van der Waals surface area contributed by atoms with Gasteiger partial charge in [0.15, 0.2) is 0 Å². The number of fused-ring (bicyclic) bond motifs is 5. The SMILES string of the molecule is Cc1ccc(-c2ccccc2)cc1N1c2cc(C(C)(C)C)ccc2B2c3cc4c(cc3N(c3ccc(C(C)(C)C)cc3-c3ccccc3)c3cc(N(c5ccccc5)c5ccccc5)cc1c32)C(C)(C)CC4(C)C. The van der Waals surface area contributed by atoms with E-state index in [1.165, 1.54) is 101 Å². The fraction of sp³-hybridized carbons (Fsp3) is 0.229. The predicted molar refractivity (Wildman–Crippen MR) is 319 cm³/mol. The second-order valence-corrected chi connectivity index (χ2v) is 24.6. The lowest BCUT2D eigenvalue weighted by atomic mass is 9.33. The molecule has 0 saturated heterocycles. The number of rotatable bonds is 7. The van der Waals surface area contributed by atoms with Crippen LogP contribution < -0.4 is 31.1 Å². The molecular weight excluding hydrogens is 894 g/mol. The monoisotopic (exact) mass is 962 g/mol. The highest BCUT2D eigenvalue weighted by atomic mass is 15.2. The Morgan fingerprint density at radius 3 is 1.49 bits per heavy atom. The molecule has 0 amide bonds. The first-order valence-corrected chi connectivity index (χ1v) is 26.8. The lowest BCUT2D eigenvalue weighted by Gasteiger charge is -2.46. The third-order valence-corrected chi connectivity index (χ3v) is 16.4. The summed E-state index contributed by atoms with van der Waals surface area (Å²) in [6.07, 6.45) is 1.08. The summed E-state index contributed by atoms with van der Waals surface area (Å²) < 4.78 is 0. The van der Waals surface area contributed by atoms with E-state index in [0.717, 1.165) is 23.5 Å². The van der Waals surface area contributed by atoms with Crippen molar-refractivity contribution in [3.8, 4) is 22.3 Å². The summed E-state index contributed by atoms with van der Waals surface area (Å²) in [6, 6.07) is 75.9. The molecule has 74 heavy (non-hydrogen) atoms. The zero-order chi connectivity index (χ0) is 51.5. The van der Waals surface area contributed by atoms with Crippen molar-refractivity contribution < 1.29 is 0 Å². The van der Waals surface area contributed by atoms with E-state index < -0.39 is 0 Å². The van der Waals surface area contributed by atoms with Crippen LogP contribution >= 0.6 is 0 Å². The van der Waals surface area contributed by atoms with Gasteiger partial charge in [-0.3, -0.25) is 0 Å². The van der Waals surface area contributed by atoms with Gasteiger partial charge in [-0.05, 0) is 163 Å². The maximum absolute atomic E-state index is 2.68. The fourth-order valence-electron chi connectivity index (χ4n) is 12.9. The number of aryl methyl sites for hydroxylation is 1. The van der Waals surface area contributed by atoms with Crippen molar-refractivity contribution in [3.05, 3.63) is 228 Å². The van der Waals surface area contributed by atoms with Gasteiger partial charge in [0.25, 0.3) is 6.71 Å². The molecule has 2 heterocycles. The smallest absolute Gasteiger partial charge is 0.252 e. The normalized spacial score (nSPS) is 15.0. The molecule has 0 atom stereocenters. The number of nitrogens with zero attached hydrogens (tertiary/aromatic N) is 3. The zero-order valence-corrected chi connectivity index (χ0v) is 45.2. The van der Waals surface area contributed by atoms with E-state index >= 15 is 0 Å². The molecule has 9 aromatic carbocycles. The number of anilines is 9. The third kappa shape index (κ3) is 7.88. The first-order valence-electron chi connectivity index (χ1n) is 26.8. The standard InChI is InChI=1S/C70H68BN3/c1-46-32-33-49(47-24-16-12-17-25-47)38-61(46)74-62-40-51(68(5,6)7)34-36-58(62)71-59-43-56-57(70(10,11)45-69(56,8)9)44-63(59)73(60-37-35-50(67(2,3)4)39-55(60)48-26-18-13-19-27-48)64-41-54(42-65(74)66(64)71)72(52-28-20-14-21-29-52)53-30-22-15-23-31-53/h12-44H,45H2,1-11H3. The molecule has 0 N–H and O–H groups in total. The van der Waals surface area contributed by atoms with Crippen LogP contribution in [0.2, 0.25) is 0 Å². The maximum atomic E-state index is 2.68. The van der Waals surface area contributed by atoms with Crippen LogP contribution in [0.1, 0.15) is 103 Å². The van der Waals surface area contributed by atoms with Crippen molar-refractivity contribution in [1.29, 1.82) is 0 Å². The van der Waals surface area contributed by atoms with Gasteiger partial charge < -0.3 is 14.7 Å². The van der Waals surface area contributed by atoms with E-state index in [1.807, 2.05) is 0 Å². The molecule has 0 aromatic heterocycles. The molecular formula is C70H68BN3. The highest BCUT2D eigenvalue weighted by molar-refractivity contribution is 7.00. The first kappa shape index (κ1) is 47.4. The van der Waals surface area contributed by atoms with Crippen LogP contribution in [-0.4, -0.2) is 6.71 Å². The van der Waals surface area contributed by atoms with Gasteiger partial charge in [0.05, 0.1) is 11.4 Å². The average molecular weight is 962 g/mol. The Kier molecular flexibility index (Phi) is 11.1. The quantitative estimate of drug-likeness (QED) is 0.147. The molecule has 0 saturated carbocycles. The minimum absolute atomic E-state index is 0.00427. The first-order chi connectivity index (χ1) is 35.4. The number of hydrogen-bond acceptors (Lipinski definition) is 3. The van der Waals surface area contributed by atoms with E-state index in [0.29, 0.717) is 0 Å². The highest BCUT2D eigenvalue weighted by Crippen LogP contribution is 2.55. The Labute approximate surface area is 441 Å². The van der Waals surface area contributed by atoms with Gasteiger partial charge in [0.1, 0.15) is 0 Å². The van der Waals surface area contributed by atoms with E-state index in [2.05, 4.69) is 291 Å². The van der Waals surface area contributed by atoms with E-state index in [4.69, 9.17) is 0 Å². The third-order valence-electron chi connectivity index (χ3n) is 16.4. The molecule has 0 unspecified atom stereocenters. The summed E-state index contributed by atoms with van der Waals surface area (Å²) in [4.78, 5) is 7.78. The van der Waals surface area contributed by atoms with Crippen molar-refractivity contribution in [1.82, 2.24) is 0 Å². The highest BCUT2D eigenvalue weighted by Gasteiger charge is 2.49. The molecule has 4 heteroatoms. The second kappa shape index (κ2) is 17.3. The maximum Gasteiger partial charge on any atom is 0.252 e. The molecule has 12 rings (SSSR count). The molecule has 366 valence electrons. The fourth-order valence-corrected chi connectivity index (χ4v) is 12.9. The van der Waals surface area contributed by atoms with Crippen molar-refractivity contribution in [2.75, 3.05) is 14.7 Å². The van der Waals surface area contributed by atoms with Gasteiger partial charge in [-0.25, -0.2) is 0 Å². The summed E-state index contributed by atoms with van der Waals surface area (Å²) in [6.45, 7) is 26.1. The van der Waals surface area contributed by atoms with Crippen LogP contribution in [0.25, 0.3) is 22.3 Å². The van der Waals surface area contributed by atoms with Crippen LogP contribution in [0.4, 0.5) is 51.2 Å². The molecule has 3 nitrogen and oxygen atoms in total. The summed E-state index contributed by atoms with van der Waals surface area (Å²) in [7, 11) is 0. The molecule has 0 spiro atoms. The van der Waals surface area contributed by atoms with Crippen molar-refractivity contribution >= 4 is 74.3 Å². The Balaban J connectivity index is 1.27. The lowest BCUT2D eigenvalue weighted by Crippen LogP contribution is -2.61. The van der Waals surface area contributed by atoms with Crippen LogP contribution in [0.15, 0.2) is 200 Å². The number of benzene rings is 9. The van der Waals surface area contributed by atoms with Gasteiger partial charge >= 0.3 is 0 Å². The minimum Gasteiger partial charge on any atom is -0.311 e. The Morgan fingerprint density at radius 2 is 0.905 bits per heavy atom. The van der Waals surface area contributed by atoms with Crippen LogP contribution in [-0.2, 0) is 21.7 Å². The van der Waals surface area contributed by atoms with Crippen LogP contribution in [0.3, 0.4) is 0 Å². The number of para-hydroxylation sites is 2. The van der Waals surface area contributed by atoms with E-state index in [9.17, 15) is 0 Å². The van der Waals surface area contributed by atoms with Gasteiger partial charge in [0, 0.05) is 45.4 Å². The van der Waals surface area contributed by atoms with Crippen LogP contribution in [0, 0.1) is 6.92 Å². The molecule has 0 bridgehead atoms. The Hall–Kier alpha value is -7.56. The topological polar surface area (TPSA) is 9.72 Å². The largest absolute Gasteiger partial charge is 0.311 e.